The summed E-state index contributed by atoms with van der Waals surface area (Å²) < 4.78 is 7.29. The van der Waals surface area contributed by atoms with Crippen molar-refractivity contribution in [3.63, 3.8) is 0 Å². The van der Waals surface area contributed by atoms with Crippen molar-refractivity contribution in [1.29, 1.82) is 0 Å². The van der Waals surface area contributed by atoms with Crippen LogP contribution in [-0.4, -0.2) is 34.7 Å². The molecule has 31 heavy (non-hydrogen) atoms. The van der Waals surface area contributed by atoms with Crippen LogP contribution < -0.4 is 5.32 Å². The molecule has 9 nitrogen and oxygen atoms in total. The Balaban J connectivity index is 1.53. The van der Waals surface area contributed by atoms with Gasteiger partial charge in [-0.15, -0.1) is 0 Å². The first-order valence-corrected chi connectivity index (χ1v) is 9.96. The van der Waals surface area contributed by atoms with Crippen molar-refractivity contribution in [1.82, 2.24) is 34.7 Å². The van der Waals surface area contributed by atoms with Gasteiger partial charge < -0.3 is 9.84 Å². The summed E-state index contributed by atoms with van der Waals surface area (Å²) in [6.07, 6.45) is 4.89. The van der Waals surface area contributed by atoms with Crippen molar-refractivity contribution < 1.29 is 4.52 Å². The van der Waals surface area contributed by atoms with E-state index in [4.69, 9.17) is 4.52 Å². The van der Waals surface area contributed by atoms with E-state index in [-0.39, 0.29) is 12.0 Å². The lowest BCUT2D eigenvalue weighted by atomic mass is 10.0. The SMILES string of the molecule is CC(C)C(Nc1cc(-c2ccccc2)nc2ncnn12)c1nc(-c2ccncc2)no1. The highest BCUT2D eigenvalue weighted by atomic mass is 16.5. The fourth-order valence-electron chi connectivity index (χ4n) is 3.32. The molecule has 0 bridgehead atoms. The predicted octanol–water partition coefficient (Wildman–Crippen LogP) is 4.05. The molecule has 5 aromatic rings. The van der Waals surface area contributed by atoms with Gasteiger partial charge in [0.05, 0.1) is 5.69 Å². The van der Waals surface area contributed by atoms with Gasteiger partial charge in [0.2, 0.25) is 11.7 Å². The average molecular weight is 412 g/mol. The maximum atomic E-state index is 5.62. The van der Waals surface area contributed by atoms with Crippen LogP contribution in [0.2, 0.25) is 0 Å². The molecule has 0 amide bonds. The van der Waals surface area contributed by atoms with Gasteiger partial charge in [-0.3, -0.25) is 4.98 Å². The van der Waals surface area contributed by atoms with E-state index in [1.165, 1.54) is 6.33 Å². The molecule has 9 heteroatoms. The van der Waals surface area contributed by atoms with E-state index in [1.807, 2.05) is 48.5 Å². The summed E-state index contributed by atoms with van der Waals surface area (Å²) in [5, 5.41) is 12.0. The number of pyridine rings is 1. The second-order valence-corrected chi connectivity index (χ2v) is 7.42. The van der Waals surface area contributed by atoms with E-state index < -0.39 is 0 Å². The molecule has 1 atom stereocenters. The number of hydrogen-bond donors (Lipinski definition) is 1. The zero-order valence-corrected chi connectivity index (χ0v) is 17.0. The molecular formula is C22H20N8O. The van der Waals surface area contributed by atoms with Gasteiger partial charge in [-0.05, 0) is 18.1 Å². The number of hydrogen-bond acceptors (Lipinski definition) is 8. The number of fused-ring (bicyclic) bond motifs is 1. The largest absolute Gasteiger partial charge is 0.358 e. The van der Waals surface area contributed by atoms with E-state index >= 15 is 0 Å². The number of nitrogens with zero attached hydrogens (tertiary/aromatic N) is 7. The maximum absolute atomic E-state index is 5.62. The Morgan fingerprint density at radius 3 is 2.55 bits per heavy atom. The first kappa shape index (κ1) is 18.9. The van der Waals surface area contributed by atoms with Crippen molar-refractivity contribution >= 4 is 11.6 Å². The molecule has 4 aromatic heterocycles. The number of aromatic nitrogens is 7. The molecule has 4 heterocycles. The second kappa shape index (κ2) is 7.94. The van der Waals surface area contributed by atoms with Crippen LogP contribution in [0.1, 0.15) is 25.8 Å². The van der Waals surface area contributed by atoms with E-state index in [2.05, 4.69) is 49.4 Å². The summed E-state index contributed by atoms with van der Waals surface area (Å²) in [6, 6.07) is 15.4. The van der Waals surface area contributed by atoms with E-state index in [9.17, 15) is 0 Å². The molecule has 0 saturated heterocycles. The van der Waals surface area contributed by atoms with Crippen molar-refractivity contribution in [2.45, 2.75) is 19.9 Å². The van der Waals surface area contributed by atoms with Crippen molar-refractivity contribution in [3.05, 3.63) is 73.1 Å². The molecular weight excluding hydrogens is 392 g/mol. The minimum Gasteiger partial charge on any atom is -0.358 e. The van der Waals surface area contributed by atoms with Crippen LogP contribution in [0.25, 0.3) is 28.4 Å². The smallest absolute Gasteiger partial charge is 0.254 e. The highest BCUT2D eigenvalue weighted by molar-refractivity contribution is 5.65. The van der Waals surface area contributed by atoms with Crippen LogP contribution in [0.3, 0.4) is 0 Å². The van der Waals surface area contributed by atoms with Crippen LogP contribution >= 0.6 is 0 Å². The monoisotopic (exact) mass is 412 g/mol. The van der Waals surface area contributed by atoms with Crippen LogP contribution in [0, 0.1) is 5.92 Å². The fraction of sp³-hybridized carbons (Fsp3) is 0.182. The Labute approximate surface area is 178 Å². The molecule has 0 aliphatic rings. The lowest BCUT2D eigenvalue weighted by molar-refractivity contribution is 0.335. The van der Waals surface area contributed by atoms with E-state index in [1.54, 1.807) is 16.9 Å². The molecule has 0 spiro atoms. The van der Waals surface area contributed by atoms with Gasteiger partial charge in [0, 0.05) is 29.6 Å². The Bertz CT molecular complexity index is 1300. The summed E-state index contributed by atoms with van der Waals surface area (Å²) in [7, 11) is 0. The summed E-state index contributed by atoms with van der Waals surface area (Å²) >= 11 is 0. The number of benzene rings is 1. The van der Waals surface area contributed by atoms with Gasteiger partial charge in [-0.2, -0.15) is 19.6 Å². The predicted molar refractivity (Wildman–Crippen MR) is 115 cm³/mol. The maximum Gasteiger partial charge on any atom is 0.254 e. The van der Waals surface area contributed by atoms with Crippen LogP contribution in [0.15, 0.2) is 71.8 Å². The van der Waals surface area contributed by atoms with E-state index in [0.717, 1.165) is 22.6 Å². The summed E-state index contributed by atoms with van der Waals surface area (Å²) in [5.41, 5.74) is 2.64. The molecule has 0 aliphatic heterocycles. The molecule has 1 unspecified atom stereocenters. The lowest BCUT2D eigenvalue weighted by Crippen LogP contribution is -2.19. The Hall–Kier alpha value is -4.14. The first-order valence-electron chi connectivity index (χ1n) is 9.96. The molecule has 0 radical (unpaired) electrons. The zero-order valence-electron chi connectivity index (χ0n) is 17.0. The Morgan fingerprint density at radius 2 is 1.77 bits per heavy atom. The highest BCUT2D eigenvalue weighted by Gasteiger charge is 2.24. The van der Waals surface area contributed by atoms with Gasteiger partial charge >= 0.3 is 0 Å². The number of anilines is 1. The number of rotatable bonds is 6. The molecule has 1 aromatic carbocycles. The standard InChI is InChI=1S/C22H20N8O/c1-14(2)19(21-28-20(29-31-21)16-8-10-23-11-9-16)27-18-12-17(15-6-4-3-5-7-15)26-22-24-13-25-30(18)22/h3-14,19,27H,1-2H3. The third-order valence-corrected chi connectivity index (χ3v) is 4.94. The second-order valence-electron chi connectivity index (χ2n) is 7.42. The van der Waals surface area contributed by atoms with E-state index in [0.29, 0.717) is 17.5 Å². The Kier molecular flexibility index (Phi) is 4.83. The highest BCUT2D eigenvalue weighted by Crippen LogP contribution is 2.29. The lowest BCUT2D eigenvalue weighted by Gasteiger charge is -2.20. The van der Waals surface area contributed by atoms with Crippen molar-refractivity contribution in [2.24, 2.45) is 5.92 Å². The zero-order chi connectivity index (χ0) is 21.2. The van der Waals surface area contributed by atoms with Crippen LogP contribution in [0.4, 0.5) is 5.82 Å². The quantitative estimate of drug-likeness (QED) is 0.445. The van der Waals surface area contributed by atoms with Gasteiger partial charge in [0.1, 0.15) is 18.2 Å². The third-order valence-electron chi connectivity index (χ3n) is 4.94. The summed E-state index contributed by atoms with van der Waals surface area (Å²) in [5.74, 6) is 2.43. The number of nitrogens with one attached hydrogen (secondary N) is 1. The molecule has 154 valence electrons. The topological polar surface area (TPSA) is 107 Å². The molecule has 0 saturated carbocycles. The van der Waals surface area contributed by atoms with Crippen molar-refractivity contribution in [3.8, 4) is 22.6 Å². The van der Waals surface area contributed by atoms with Gasteiger partial charge in [0.15, 0.2) is 0 Å². The summed E-state index contributed by atoms with van der Waals surface area (Å²) in [6.45, 7) is 4.18. The van der Waals surface area contributed by atoms with Gasteiger partial charge in [-0.1, -0.05) is 49.3 Å². The molecule has 0 fully saturated rings. The minimum atomic E-state index is -0.235. The van der Waals surface area contributed by atoms with Crippen molar-refractivity contribution in [2.75, 3.05) is 5.32 Å². The first-order chi connectivity index (χ1) is 15.2. The van der Waals surface area contributed by atoms with Gasteiger partial charge in [-0.25, -0.2) is 4.98 Å². The molecule has 0 aliphatic carbocycles. The van der Waals surface area contributed by atoms with Crippen LogP contribution in [-0.2, 0) is 0 Å². The normalized spacial score (nSPS) is 12.4. The fourth-order valence-corrected chi connectivity index (χ4v) is 3.32. The summed E-state index contributed by atoms with van der Waals surface area (Å²) in [4.78, 5) is 17.6. The molecule has 5 rings (SSSR count). The minimum absolute atomic E-state index is 0.164. The Morgan fingerprint density at radius 1 is 0.968 bits per heavy atom. The molecule has 1 N–H and O–H groups in total. The average Bonchev–Trinajstić information content (AvgIpc) is 3.48. The third kappa shape index (κ3) is 3.73. The van der Waals surface area contributed by atoms with Crippen LogP contribution in [0.5, 0.6) is 0 Å². The van der Waals surface area contributed by atoms with Gasteiger partial charge in [0.25, 0.3) is 5.78 Å².